The third-order valence-electron chi connectivity index (χ3n) is 20.1. The Morgan fingerprint density at radius 1 is 0.363 bits per heavy atom. The van der Waals surface area contributed by atoms with Crippen LogP contribution in [-0.4, -0.2) is 79.4 Å². The number of aliphatic hydroxyl groups is 5. The van der Waals surface area contributed by atoms with Gasteiger partial charge in [0.15, 0.2) is 28.9 Å². The van der Waals surface area contributed by atoms with Crippen LogP contribution in [0.25, 0.3) is 117 Å². The van der Waals surface area contributed by atoms with E-state index >= 15 is 0 Å². The van der Waals surface area contributed by atoms with Crippen molar-refractivity contribution in [3.8, 4) is 67.4 Å². The average molecular weight is 2690 g/mol. The molecule has 0 fully saturated rings. The maximum atomic E-state index is 10.0. The Labute approximate surface area is 862 Å². The maximum Gasteiger partial charge on any atom is 0.155 e. The Bertz CT molecular complexity index is 6560. The Morgan fingerprint density at radius 3 is 1.44 bits per heavy atom. The van der Waals surface area contributed by atoms with Gasteiger partial charge < -0.3 is 35.5 Å². The van der Waals surface area contributed by atoms with Gasteiger partial charge in [0.2, 0.25) is 0 Å². The van der Waals surface area contributed by atoms with Crippen LogP contribution in [-0.2, 0) is 136 Å². The van der Waals surface area contributed by atoms with E-state index in [4.69, 9.17) is 35.5 Å². The van der Waals surface area contributed by atoms with Crippen LogP contribution in [0.5, 0.6) is 0 Å². The molecule has 5 N–H and O–H groups in total. The first-order chi connectivity index (χ1) is 61.8. The van der Waals surface area contributed by atoms with Gasteiger partial charge in [0.25, 0.3) is 0 Å². The molecule has 0 saturated carbocycles. The van der Waals surface area contributed by atoms with E-state index in [2.05, 4.69) is 284 Å². The average Bonchev–Trinajstić information content (AvgIpc) is 1.58. The number of pyridine rings is 5. The van der Waals surface area contributed by atoms with Crippen molar-refractivity contribution in [2.75, 3.05) is 0 Å². The van der Waals surface area contributed by atoms with E-state index in [1.807, 2.05) is 85.3 Å². The molecule has 0 bridgehead atoms. The summed E-state index contributed by atoms with van der Waals surface area (Å²) in [6, 6.07) is 96.3. The fourth-order valence-corrected chi connectivity index (χ4v) is 14.2. The Kier molecular flexibility index (Phi) is 50.1. The summed E-state index contributed by atoms with van der Waals surface area (Å²) in [6.07, 6.45) is 16.7. The second-order valence-electron chi connectivity index (χ2n) is 32.1. The number of nitrogens with zero attached hydrogens (tertiary/aromatic N) is 5. The number of ketones is 5. The number of para-hydroxylation sites is 1. The second-order valence-corrected chi connectivity index (χ2v) is 32.1. The topological polar surface area (TPSA) is 251 Å². The first-order valence-corrected chi connectivity index (χ1v) is 42.4. The van der Waals surface area contributed by atoms with Crippen LogP contribution in [0.3, 0.4) is 0 Å². The molecule has 15 nitrogen and oxygen atoms in total. The molecule has 5 aromatic heterocycles. The molecule has 17 rings (SSSR count). The molecule has 135 heavy (non-hydrogen) atoms. The zero-order chi connectivity index (χ0) is 94.9. The summed E-state index contributed by atoms with van der Waals surface area (Å²) in [6.45, 7) is 33.6. The number of rotatable bonds is 10. The minimum absolute atomic E-state index is 0. The molecule has 0 aliphatic heterocycles. The van der Waals surface area contributed by atoms with Gasteiger partial charge in [-0.15, -0.1) is 164 Å². The Morgan fingerprint density at radius 2 is 0.867 bits per heavy atom. The third kappa shape index (κ3) is 37.0. The number of allylic oxidation sites excluding steroid dienone is 11. The minimum atomic E-state index is -0.125. The first-order valence-electron chi connectivity index (χ1n) is 42.4. The SMILES string of the molecule is CC(=O)C=C(C)O.CC(=O)C=C(C)O.CC(=O)C=C(C)O.CC(=O)C=C(C)O.CC(=O)C=C(C)O.CC1(C)c2ccccc2-c2c[c-]c(-c3ccc4ccccc4n3)cc21.Cc1[c-]c(-c2ccc3cc(C)c(C)cc3n2)cc(C)c1.Cc1c[c-]c(-c2nccc3ccccc23)cc1C.Cc1cc2ccccc2[c-]c1-c1ccccn1.[Ir].[Ir].[Ir].[Ir].[Ir].[c-]1ccccc1-c1nccc2c1C=CC2. The van der Waals surface area contributed by atoms with E-state index < -0.39 is 0 Å². The van der Waals surface area contributed by atoms with E-state index in [1.165, 1.54) is 193 Å². The van der Waals surface area contributed by atoms with Gasteiger partial charge >= 0.3 is 0 Å². The van der Waals surface area contributed by atoms with Crippen LogP contribution < -0.4 is 0 Å². The number of aromatic nitrogens is 5. The number of aryl methyl sites for hydroxylation is 7. The van der Waals surface area contributed by atoms with E-state index in [9.17, 15) is 24.0 Å². The van der Waals surface area contributed by atoms with Crippen LogP contribution in [0, 0.1) is 78.8 Å². The fraction of sp³-hybridized carbons (Fsp3) is 0.183. The van der Waals surface area contributed by atoms with Crippen molar-refractivity contribution < 1.29 is 150 Å². The van der Waals surface area contributed by atoms with Crippen molar-refractivity contribution in [2.24, 2.45) is 0 Å². The van der Waals surface area contributed by atoms with Crippen molar-refractivity contribution in [3.05, 3.63) is 406 Å². The van der Waals surface area contributed by atoms with Gasteiger partial charge in [-0.2, -0.15) is 0 Å². The minimum Gasteiger partial charge on any atom is -0.512 e. The number of hydrogen-bond acceptors (Lipinski definition) is 15. The third-order valence-corrected chi connectivity index (χ3v) is 20.1. The number of benzene rings is 10. The molecule has 2 aliphatic rings. The van der Waals surface area contributed by atoms with Crippen LogP contribution in [0.1, 0.15) is 144 Å². The summed E-state index contributed by atoms with van der Waals surface area (Å²) in [5, 5.41) is 48.9. The van der Waals surface area contributed by atoms with Gasteiger partial charge in [0.05, 0.1) is 39.8 Å². The summed E-state index contributed by atoms with van der Waals surface area (Å²) in [7, 11) is 0. The van der Waals surface area contributed by atoms with Crippen molar-refractivity contribution in [3.63, 3.8) is 0 Å². The molecule has 707 valence electrons. The van der Waals surface area contributed by atoms with E-state index in [0.29, 0.717) is 0 Å². The molecule has 20 heteroatoms. The molecule has 0 saturated heterocycles. The normalized spacial score (nSPS) is 11.4. The van der Waals surface area contributed by atoms with E-state index in [0.717, 1.165) is 84.7 Å². The monoisotopic (exact) mass is 2690 g/mol. The molecular formula is C115H112Ir5N5O10-5. The van der Waals surface area contributed by atoms with Crippen molar-refractivity contribution in [1.29, 1.82) is 0 Å². The summed E-state index contributed by atoms with van der Waals surface area (Å²) in [4.78, 5) is 73.1. The predicted molar refractivity (Wildman–Crippen MR) is 531 cm³/mol. The van der Waals surface area contributed by atoms with Crippen LogP contribution in [0.15, 0.2) is 314 Å². The molecular weight excluding hydrogens is 2570 g/mol. The molecule has 15 aromatic rings. The molecule has 0 atom stereocenters. The van der Waals surface area contributed by atoms with Gasteiger partial charge in [0.1, 0.15) is 0 Å². The van der Waals surface area contributed by atoms with E-state index in [-0.39, 0.29) is 164 Å². The van der Waals surface area contributed by atoms with Crippen LogP contribution >= 0.6 is 0 Å². The molecule has 0 amide bonds. The van der Waals surface area contributed by atoms with Crippen LogP contribution in [0.4, 0.5) is 0 Å². The van der Waals surface area contributed by atoms with Gasteiger partial charge in [-0.05, 0) is 203 Å². The standard InChI is InChI=1S/C24H18N.C19H18N.C17H14N.C16H12N.C14H10N.5C5H8O2.5Ir/c1-24(2)20-9-5-4-8-18(20)19-13-11-17(15-21(19)24)23-14-12-16-7-3-6-10-22(16)25-23;1-12-7-13(2)9-17(8-12)18-6-5-16-10-14(3)15(4)11-19(16)20-18;1-12-7-8-15(11-13(12)2)17-16-6-4-3-5-14(16)9-10-18-17;1-12-10-13-6-2-3-7-14(13)11-15(12)16-8-4-5-9-17-16;1-2-5-12(6-3-1)14-13-8-4-7-11(13)9-10-15-14;5*1-4(6)3-5(2)7;;;;;/h3-10,12-15H,1-2H3;5-8,10-11H,1-4H3;3-7,9-11H,1-2H3;2-10H,1H3;1-5,8-10H,7H2;5*3,6H,1-2H3;;;;;/q5*-1;;;;;;;;;;. The molecule has 0 unspecified atom stereocenters. The van der Waals surface area contributed by atoms with E-state index in [1.54, 1.807) is 0 Å². The van der Waals surface area contributed by atoms with Crippen molar-refractivity contribution in [2.45, 2.75) is 143 Å². The fourth-order valence-electron chi connectivity index (χ4n) is 14.2. The zero-order valence-electron chi connectivity index (χ0n) is 79.1. The van der Waals surface area contributed by atoms with Crippen LogP contribution in [0.2, 0.25) is 0 Å². The first kappa shape index (κ1) is 117. The molecule has 5 radical (unpaired) electrons. The molecule has 0 spiro atoms. The van der Waals surface area contributed by atoms with Gasteiger partial charge in [-0.1, -0.05) is 204 Å². The van der Waals surface area contributed by atoms with Gasteiger partial charge in [-0.3, -0.25) is 38.9 Å². The largest absolute Gasteiger partial charge is 0.512 e. The molecule has 5 heterocycles. The summed E-state index contributed by atoms with van der Waals surface area (Å²) in [5.41, 5.74) is 29.2. The van der Waals surface area contributed by atoms with Gasteiger partial charge in [-0.25, -0.2) is 0 Å². The second kappa shape index (κ2) is 57.7. The number of hydrogen-bond donors (Lipinski definition) is 5. The van der Waals surface area contributed by atoms with Gasteiger partial charge in [0, 0.05) is 155 Å². The Balaban J connectivity index is 0.000000398. The molecule has 2 aliphatic carbocycles. The summed E-state index contributed by atoms with van der Waals surface area (Å²) < 4.78 is 0. The molecule has 10 aromatic carbocycles. The number of fused-ring (bicyclic) bond motifs is 8. The maximum absolute atomic E-state index is 10.0. The zero-order valence-corrected chi connectivity index (χ0v) is 91.1. The summed E-state index contributed by atoms with van der Waals surface area (Å²) in [5.74, 6) is -0.312. The Hall–Kier alpha value is -12.0. The predicted octanol–water partition coefficient (Wildman–Crippen LogP) is 27.6. The summed E-state index contributed by atoms with van der Waals surface area (Å²) >= 11 is 0. The van der Waals surface area contributed by atoms with Crippen molar-refractivity contribution >= 4 is 78.3 Å². The quantitative estimate of drug-likeness (QED) is 0.0485. The number of carbonyl (C=O) groups excluding carboxylic acids is 5. The number of aliphatic hydroxyl groups excluding tert-OH is 5. The van der Waals surface area contributed by atoms with Crippen molar-refractivity contribution in [1.82, 2.24) is 24.9 Å². The number of carbonyl (C=O) groups is 5. The smallest absolute Gasteiger partial charge is 0.155 e.